The first-order chi connectivity index (χ1) is 9.51. The molecule has 0 saturated heterocycles. The maximum atomic E-state index is 9.39. The third kappa shape index (κ3) is 3.89. The number of nitrogens with zero attached hydrogens (tertiary/aromatic N) is 1. The standard InChI is InChI=1S/C17H28N2O/c1-14(2)18-12-17(10-4-5-11-17)13-19(3)15-6-8-16(20)9-7-15/h6-9,14,18,20H,4-5,10-13H2,1-3H3. The minimum Gasteiger partial charge on any atom is -0.508 e. The van der Waals surface area contributed by atoms with Gasteiger partial charge in [0.2, 0.25) is 0 Å². The van der Waals surface area contributed by atoms with Crippen LogP contribution in [0.5, 0.6) is 5.75 Å². The highest BCUT2D eigenvalue weighted by atomic mass is 16.3. The smallest absolute Gasteiger partial charge is 0.115 e. The monoisotopic (exact) mass is 276 g/mol. The van der Waals surface area contributed by atoms with Gasteiger partial charge in [-0.15, -0.1) is 0 Å². The van der Waals surface area contributed by atoms with Crippen LogP contribution in [-0.4, -0.2) is 31.3 Å². The van der Waals surface area contributed by atoms with E-state index < -0.39 is 0 Å². The molecule has 1 aromatic carbocycles. The molecule has 0 spiro atoms. The molecule has 2 rings (SSSR count). The molecule has 112 valence electrons. The van der Waals surface area contributed by atoms with E-state index in [2.05, 4.69) is 31.1 Å². The third-order valence-corrected chi connectivity index (χ3v) is 4.41. The lowest BCUT2D eigenvalue weighted by atomic mass is 9.85. The van der Waals surface area contributed by atoms with Crippen LogP contribution in [0, 0.1) is 5.41 Å². The highest BCUT2D eigenvalue weighted by molar-refractivity contribution is 5.48. The molecule has 0 heterocycles. The van der Waals surface area contributed by atoms with E-state index in [1.54, 1.807) is 12.1 Å². The van der Waals surface area contributed by atoms with Crippen LogP contribution in [0.2, 0.25) is 0 Å². The summed E-state index contributed by atoms with van der Waals surface area (Å²) < 4.78 is 0. The van der Waals surface area contributed by atoms with Crippen LogP contribution in [0.3, 0.4) is 0 Å². The fourth-order valence-corrected chi connectivity index (χ4v) is 3.24. The third-order valence-electron chi connectivity index (χ3n) is 4.41. The molecule has 0 unspecified atom stereocenters. The number of rotatable bonds is 6. The Morgan fingerprint density at radius 3 is 2.35 bits per heavy atom. The van der Waals surface area contributed by atoms with Gasteiger partial charge >= 0.3 is 0 Å². The van der Waals surface area contributed by atoms with Crippen molar-refractivity contribution in [3.05, 3.63) is 24.3 Å². The molecule has 1 fully saturated rings. The maximum absolute atomic E-state index is 9.39. The molecule has 0 bridgehead atoms. The van der Waals surface area contributed by atoms with Gasteiger partial charge in [-0.25, -0.2) is 0 Å². The van der Waals surface area contributed by atoms with Gasteiger partial charge in [-0.1, -0.05) is 26.7 Å². The SMILES string of the molecule is CC(C)NCC1(CN(C)c2ccc(O)cc2)CCCC1. The number of phenolic OH excluding ortho intramolecular Hbond substituents is 1. The Morgan fingerprint density at radius 2 is 1.80 bits per heavy atom. The Balaban J connectivity index is 2.02. The number of nitrogens with one attached hydrogen (secondary N) is 1. The zero-order valence-corrected chi connectivity index (χ0v) is 13.0. The summed E-state index contributed by atoms with van der Waals surface area (Å²) in [7, 11) is 2.15. The molecule has 1 saturated carbocycles. The van der Waals surface area contributed by atoms with Crippen LogP contribution in [0.15, 0.2) is 24.3 Å². The van der Waals surface area contributed by atoms with E-state index in [-0.39, 0.29) is 0 Å². The molecule has 1 aliphatic carbocycles. The van der Waals surface area contributed by atoms with Gasteiger partial charge in [0.25, 0.3) is 0 Å². The summed E-state index contributed by atoms with van der Waals surface area (Å²) in [4.78, 5) is 2.33. The van der Waals surface area contributed by atoms with Crippen LogP contribution in [0.25, 0.3) is 0 Å². The fraction of sp³-hybridized carbons (Fsp3) is 0.647. The molecule has 1 aliphatic rings. The average molecular weight is 276 g/mol. The molecule has 0 amide bonds. The van der Waals surface area contributed by atoms with E-state index in [0.717, 1.165) is 13.1 Å². The predicted molar refractivity (Wildman–Crippen MR) is 85.4 cm³/mol. The summed E-state index contributed by atoms with van der Waals surface area (Å²) in [6.07, 6.45) is 5.33. The van der Waals surface area contributed by atoms with Crippen LogP contribution >= 0.6 is 0 Å². The Hall–Kier alpha value is -1.22. The van der Waals surface area contributed by atoms with Gasteiger partial charge in [0.1, 0.15) is 5.75 Å². The molecule has 0 aliphatic heterocycles. The topological polar surface area (TPSA) is 35.5 Å². The van der Waals surface area contributed by atoms with Crippen molar-refractivity contribution in [2.24, 2.45) is 5.41 Å². The van der Waals surface area contributed by atoms with Crippen LogP contribution < -0.4 is 10.2 Å². The maximum Gasteiger partial charge on any atom is 0.115 e. The summed E-state index contributed by atoms with van der Waals surface area (Å²) in [5.41, 5.74) is 1.58. The summed E-state index contributed by atoms with van der Waals surface area (Å²) in [5, 5.41) is 13.0. The Bertz CT molecular complexity index is 408. The van der Waals surface area contributed by atoms with Crippen molar-refractivity contribution in [3.63, 3.8) is 0 Å². The van der Waals surface area contributed by atoms with Gasteiger partial charge in [0.05, 0.1) is 0 Å². The second-order valence-corrected chi connectivity index (χ2v) is 6.62. The first kappa shape index (κ1) is 15.2. The second kappa shape index (κ2) is 6.49. The zero-order chi connectivity index (χ0) is 14.6. The van der Waals surface area contributed by atoms with Crippen molar-refractivity contribution in [2.75, 3.05) is 25.0 Å². The summed E-state index contributed by atoms with van der Waals surface area (Å²) in [5.74, 6) is 0.333. The molecule has 0 radical (unpaired) electrons. The Kier molecular flexibility index (Phi) is 4.92. The molecule has 20 heavy (non-hydrogen) atoms. The van der Waals surface area contributed by atoms with E-state index in [4.69, 9.17) is 0 Å². The molecular formula is C17H28N2O. The highest BCUT2D eigenvalue weighted by Crippen LogP contribution is 2.39. The number of anilines is 1. The summed E-state index contributed by atoms with van der Waals surface area (Å²) in [6.45, 7) is 6.61. The number of benzene rings is 1. The number of phenols is 1. The summed E-state index contributed by atoms with van der Waals surface area (Å²) in [6, 6.07) is 8.06. The summed E-state index contributed by atoms with van der Waals surface area (Å²) >= 11 is 0. The number of hydrogen-bond acceptors (Lipinski definition) is 3. The van der Waals surface area contributed by atoms with E-state index >= 15 is 0 Å². The van der Waals surface area contributed by atoms with Crippen molar-refractivity contribution < 1.29 is 5.11 Å². The lowest BCUT2D eigenvalue weighted by Crippen LogP contribution is -2.43. The second-order valence-electron chi connectivity index (χ2n) is 6.62. The van der Waals surface area contributed by atoms with E-state index in [0.29, 0.717) is 17.2 Å². The van der Waals surface area contributed by atoms with Crippen molar-refractivity contribution in [2.45, 2.75) is 45.6 Å². The van der Waals surface area contributed by atoms with Gasteiger partial charge in [-0.05, 0) is 37.1 Å². The zero-order valence-electron chi connectivity index (χ0n) is 13.0. The van der Waals surface area contributed by atoms with Crippen molar-refractivity contribution >= 4 is 5.69 Å². The van der Waals surface area contributed by atoms with Gasteiger partial charge in [0, 0.05) is 37.3 Å². The minimum absolute atomic E-state index is 0.333. The van der Waals surface area contributed by atoms with Crippen molar-refractivity contribution in [1.82, 2.24) is 5.32 Å². The van der Waals surface area contributed by atoms with Crippen LogP contribution in [0.4, 0.5) is 5.69 Å². The molecule has 1 aromatic rings. The van der Waals surface area contributed by atoms with Gasteiger partial charge < -0.3 is 15.3 Å². The molecular weight excluding hydrogens is 248 g/mol. The largest absolute Gasteiger partial charge is 0.508 e. The molecule has 2 N–H and O–H groups in total. The van der Waals surface area contributed by atoms with Crippen LogP contribution in [0.1, 0.15) is 39.5 Å². The van der Waals surface area contributed by atoms with Gasteiger partial charge in [0.15, 0.2) is 0 Å². The van der Waals surface area contributed by atoms with E-state index in [1.807, 2.05) is 12.1 Å². The van der Waals surface area contributed by atoms with E-state index in [1.165, 1.54) is 31.4 Å². The Labute approximate surface area is 123 Å². The first-order valence-electron chi connectivity index (χ1n) is 7.74. The first-order valence-corrected chi connectivity index (χ1v) is 7.74. The predicted octanol–water partition coefficient (Wildman–Crippen LogP) is 3.39. The number of aromatic hydroxyl groups is 1. The average Bonchev–Trinajstić information content (AvgIpc) is 2.86. The van der Waals surface area contributed by atoms with Crippen LogP contribution in [-0.2, 0) is 0 Å². The molecule has 0 atom stereocenters. The van der Waals surface area contributed by atoms with Gasteiger partial charge in [-0.3, -0.25) is 0 Å². The molecule has 0 aromatic heterocycles. The van der Waals surface area contributed by atoms with Crippen molar-refractivity contribution in [3.8, 4) is 5.75 Å². The Morgan fingerprint density at radius 1 is 1.20 bits per heavy atom. The molecule has 3 nitrogen and oxygen atoms in total. The van der Waals surface area contributed by atoms with Crippen molar-refractivity contribution in [1.29, 1.82) is 0 Å². The minimum atomic E-state index is 0.333. The molecule has 3 heteroatoms. The normalized spacial score (nSPS) is 17.6. The van der Waals surface area contributed by atoms with E-state index in [9.17, 15) is 5.11 Å². The quantitative estimate of drug-likeness (QED) is 0.836. The lowest BCUT2D eigenvalue weighted by Gasteiger charge is -2.35. The number of hydrogen-bond donors (Lipinski definition) is 2. The fourth-order valence-electron chi connectivity index (χ4n) is 3.24. The highest BCUT2D eigenvalue weighted by Gasteiger charge is 2.34. The lowest BCUT2D eigenvalue weighted by molar-refractivity contribution is 0.278. The van der Waals surface area contributed by atoms with Gasteiger partial charge in [-0.2, -0.15) is 0 Å².